The number of aryl methyl sites for hydroxylation is 2. The zero-order valence-electron chi connectivity index (χ0n) is 17.9. The summed E-state index contributed by atoms with van der Waals surface area (Å²) in [6.45, 7) is 4.12. The second kappa shape index (κ2) is 8.47. The predicted octanol–water partition coefficient (Wildman–Crippen LogP) is 5.95. The summed E-state index contributed by atoms with van der Waals surface area (Å²) in [6, 6.07) is 25.8. The quantitative estimate of drug-likeness (QED) is 0.363. The third-order valence-electron chi connectivity index (χ3n) is 5.07. The molecule has 0 amide bonds. The molecule has 0 aliphatic carbocycles. The Morgan fingerprint density at radius 2 is 0.781 bits per heavy atom. The van der Waals surface area contributed by atoms with Crippen LogP contribution < -0.4 is 0 Å². The maximum atomic E-state index is 4.90. The van der Waals surface area contributed by atoms with E-state index in [2.05, 4.69) is 23.8 Å². The molecule has 0 spiro atoms. The number of pyridine rings is 5. The minimum absolute atomic E-state index is 0.797. The summed E-state index contributed by atoms with van der Waals surface area (Å²) >= 11 is 0. The van der Waals surface area contributed by atoms with Gasteiger partial charge in [-0.05, 0) is 85.6 Å². The Labute approximate surface area is 186 Å². The van der Waals surface area contributed by atoms with Crippen molar-refractivity contribution in [1.29, 1.82) is 0 Å². The lowest BCUT2D eigenvalue weighted by molar-refractivity contribution is 1.18. The standard InChI is InChI=1S/C27H21N5/c1-18-14-24(20-8-3-5-12-28-20)31-26(16-18)22-10-7-11-23(30-22)27-17-19(2)15-25(32-27)21-9-4-6-13-29-21/h3-17H,1-2H3. The molecular weight excluding hydrogens is 394 g/mol. The molecule has 32 heavy (non-hydrogen) atoms. The first-order valence-corrected chi connectivity index (χ1v) is 10.4. The Hall–Kier alpha value is -4.25. The molecule has 0 saturated carbocycles. The SMILES string of the molecule is Cc1cc(-c2ccccn2)nc(-c2cccc(-c3cc(C)cc(-c4ccccn4)n3)n2)c1. The predicted molar refractivity (Wildman–Crippen MR) is 127 cm³/mol. The van der Waals surface area contributed by atoms with Crippen LogP contribution in [0.5, 0.6) is 0 Å². The van der Waals surface area contributed by atoms with Gasteiger partial charge in [0.25, 0.3) is 0 Å². The summed E-state index contributed by atoms with van der Waals surface area (Å²) in [5, 5.41) is 0. The lowest BCUT2D eigenvalue weighted by atomic mass is 10.1. The van der Waals surface area contributed by atoms with Crippen LogP contribution in [0.4, 0.5) is 0 Å². The third kappa shape index (κ3) is 4.14. The van der Waals surface area contributed by atoms with E-state index in [0.29, 0.717) is 0 Å². The van der Waals surface area contributed by atoms with Crippen LogP contribution in [0.2, 0.25) is 0 Å². The van der Waals surface area contributed by atoms with E-state index in [4.69, 9.17) is 15.0 Å². The van der Waals surface area contributed by atoms with Gasteiger partial charge in [0.05, 0.1) is 45.6 Å². The fourth-order valence-electron chi connectivity index (χ4n) is 3.61. The van der Waals surface area contributed by atoms with Gasteiger partial charge in [-0.15, -0.1) is 0 Å². The van der Waals surface area contributed by atoms with Crippen molar-refractivity contribution in [1.82, 2.24) is 24.9 Å². The van der Waals surface area contributed by atoms with Gasteiger partial charge in [-0.3, -0.25) is 9.97 Å². The van der Waals surface area contributed by atoms with E-state index in [1.165, 1.54) is 0 Å². The Kier molecular flexibility index (Phi) is 5.22. The van der Waals surface area contributed by atoms with E-state index < -0.39 is 0 Å². The van der Waals surface area contributed by atoms with Gasteiger partial charge in [0.15, 0.2) is 0 Å². The Bertz CT molecular complexity index is 1280. The van der Waals surface area contributed by atoms with Gasteiger partial charge in [0.2, 0.25) is 0 Å². The summed E-state index contributed by atoms with van der Waals surface area (Å²) in [4.78, 5) is 23.5. The number of hydrogen-bond donors (Lipinski definition) is 0. The topological polar surface area (TPSA) is 64.5 Å². The number of hydrogen-bond acceptors (Lipinski definition) is 5. The highest BCUT2D eigenvalue weighted by atomic mass is 14.8. The molecular formula is C27H21N5. The minimum Gasteiger partial charge on any atom is -0.255 e. The van der Waals surface area contributed by atoms with Crippen LogP contribution in [0.25, 0.3) is 45.6 Å². The first-order chi connectivity index (χ1) is 15.7. The summed E-state index contributed by atoms with van der Waals surface area (Å²) < 4.78 is 0. The van der Waals surface area contributed by atoms with Crippen LogP contribution in [0.1, 0.15) is 11.1 Å². The van der Waals surface area contributed by atoms with E-state index >= 15 is 0 Å². The molecule has 0 bridgehead atoms. The molecule has 0 unspecified atom stereocenters. The fourth-order valence-corrected chi connectivity index (χ4v) is 3.61. The highest BCUT2D eigenvalue weighted by molar-refractivity contribution is 5.68. The van der Waals surface area contributed by atoms with Crippen LogP contribution in [0.15, 0.2) is 91.3 Å². The Morgan fingerprint density at radius 3 is 1.19 bits per heavy atom. The van der Waals surface area contributed by atoms with Crippen molar-refractivity contribution in [3.8, 4) is 45.6 Å². The third-order valence-corrected chi connectivity index (χ3v) is 5.07. The molecule has 0 fully saturated rings. The van der Waals surface area contributed by atoms with Crippen molar-refractivity contribution >= 4 is 0 Å². The van der Waals surface area contributed by atoms with Gasteiger partial charge < -0.3 is 0 Å². The molecule has 0 radical (unpaired) electrons. The lowest BCUT2D eigenvalue weighted by Gasteiger charge is -2.09. The van der Waals surface area contributed by atoms with Gasteiger partial charge in [-0.25, -0.2) is 15.0 Å². The largest absolute Gasteiger partial charge is 0.255 e. The second-order valence-corrected chi connectivity index (χ2v) is 7.67. The van der Waals surface area contributed by atoms with Crippen molar-refractivity contribution in [3.63, 3.8) is 0 Å². The highest BCUT2D eigenvalue weighted by Crippen LogP contribution is 2.26. The van der Waals surface area contributed by atoms with Crippen LogP contribution in [-0.4, -0.2) is 24.9 Å². The smallest absolute Gasteiger partial charge is 0.0897 e. The van der Waals surface area contributed by atoms with Crippen molar-refractivity contribution in [2.24, 2.45) is 0 Å². The second-order valence-electron chi connectivity index (χ2n) is 7.67. The number of nitrogens with zero attached hydrogens (tertiary/aromatic N) is 5. The maximum Gasteiger partial charge on any atom is 0.0897 e. The van der Waals surface area contributed by atoms with E-state index in [1.54, 1.807) is 12.4 Å². The summed E-state index contributed by atoms with van der Waals surface area (Å²) in [5.41, 5.74) is 8.77. The van der Waals surface area contributed by atoms with Crippen LogP contribution >= 0.6 is 0 Å². The van der Waals surface area contributed by atoms with E-state index in [9.17, 15) is 0 Å². The monoisotopic (exact) mass is 415 g/mol. The Morgan fingerprint density at radius 1 is 0.406 bits per heavy atom. The lowest BCUT2D eigenvalue weighted by Crippen LogP contribution is -1.97. The molecule has 5 heteroatoms. The minimum atomic E-state index is 0.797. The summed E-state index contributed by atoms with van der Waals surface area (Å²) in [5.74, 6) is 0. The first kappa shape index (κ1) is 19.7. The highest BCUT2D eigenvalue weighted by Gasteiger charge is 2.11. The van der Waals surface area contributed by atoms with E-state index in [0.717, 1.165) is 56.7 Å². The molecule has 0 aliphatic heterocycles. The molecule has 154 valence electrons. The van der Waals surface area contributed by atoms with E-state index in [-0.39, 0.29) is 0 Å². The molecule has 5 aromatic heterocycles. The van der Waals surface area contributed by atoms with Crippen LogP contribution in [-0.2, 0) is 0 Å². The van der Waals surface area contributed by atoms with Gasteiger partial charge in [0.1, 0.15) is 0 Å². The first-order valence-electron chi connectivity index (χ1n) is 10.4. The van der Waals surface area contributed by atoms with Gasteiger partial charge in [-0.2, -0.15) is 0 Å². The molecule has 5 rings (SSSR count). The van der Waals surface area contributed by atoms with Crippen molar-refractivity contribution in [2.45, 2.75) is 13.8 Å². The zero-order chi connectivity index (χ0) is 21.9. The Balaban J connectivity index is 1.57. The van der Waals surface area contributed by atoms with Gasteiger partial charge >= 0.3 is 0 Å². The molecule has 5 nitrogen and oxygen atoms in total. The molecule has 5 aromatic rings. The number of rotatable bonds is 4. The molecule has 0 aliphatic rings. The normalized spacial score (nSPS) is 10.8. The molecule has 0 N–H and O–H groups in total. The molecule has 5 heterocycles. The molecule has 0 aromatic carbocycles. The molecule has 0 saturated heterocycles. The summed E-state index contributed by atoms with van der Waals surface area (Å²) in [7, 11) is 0. The van der Waals surface area contributed by atoms with E-state index in [1.807, 2.05) is 78.9 Å². The fraction of sp³-hybridized carbons (Fsp3) is 0.0741. The van der Waals surface area contributed by atoms with Crippen molar-refractivity contribution in [3.05, 3.63) is 102 Å². The maximum absolute atomic E-state index is 4.90. The van der Waals surface area contributed by atoms with Gasteiger partial charge in [0, 0.05) is 12.4 Å². The van der Waals surface area contributed by atoms with Crippen molar-refractivity contribution in [2.75, 3.05) is 0 Å². The zero-order valence-corrected chi connectivity index (χ0v) is 17.9. The van der Waals surface area contributed by atoms with Crippen LogP contribution in [0, 0.1) is 13.8 Å². The molecule has 0 atom stereocenters. The van der Waals surface area contributed by atoms with Crippen molar-refractivity contribution < 1.29 is 0 Å². The average Bonchev–Trinajstić information content (AvgIpc) is 2.84. The average molecular weight is 416 g/mol. The van der Waals surface area contributed by atoms with Crippen LogP contribution in [0.3, 0.4) is 0 Å². The summed E-state index contributed by atoms with van der Waals surface area (Å²) in [6.07, 6.45) is 3.56. The number of aromatic nitrogens is 5. The van der Waals surface area contributed by atoms with Gasteiger partial charge in [-0.1, -0.05) is 18.2 Å².